The van der Waals surface area contributed by atoms with Gasteiger partial charge in [0.15, 0.2) is 0 Å². The molecule has 1 heterocycles. The SMILES string of the molecule is CCOCCCc1ccccn1. The quantitative estimate of drug-likeness (QED) is 0.623. The Balaban J connectivity index is 2.16. The summed E-state index contributed by atoms with van der Waals surface area (Å²) in [6, 6.07) is 6.00. The monoisotopic (exact) mass is 165 g/mol. The largest absolute Gasteiger partial charge is 0.382 e. The van der Waals surface area contributed by atoms with Gasteiger partial charge >= 0.3 is 0 Å². The van der Waals surface area contributed by atoms with Crippen molar-refractivity contribution in [3.05, 3.63) is 30.1 Å². The summed E-state index contributed by atoms with van der Waals surface area (Å²) in [7, 11) is 0. The van der Waals surface area contributed by atoms with Crippen LogP contribution in [0.5, 0.6) is 0 Å². The molecule has 0 N–H and O–H groups in total. The molecule has 0 aliphatic heterocycles. The van der Waals surface area contributed by atoms with Gasteiger partial charge in [-0.05, 0) is 31.9 Å². The average Bonchev–Trinajstić information content (AvgIpc) is 2.14. The number of aromatic nitrogens is 1. The normalized spacial score (nSPS) is 10.1. The van der Waals surface area contributed by atoms with E-state index in [1.54, 1.807) is 0 Å². The van der Waals surface area contributed by atoms with Gasteiger partial charge in [-0.3, -0.25) is 4.98 Å². The lowest BCUT2D eigenvalue weighted by Gasteiger charge is -2.00. The van der Waals surface area contributed by atoms with E-state index in [0.29, 0.717) is 0 Å². The molecule has 0 unspecified atom stereocenters. The molecule has 0 saturated carbocycles. The molecule has 0 radical (unpaired) electrons. The molecular weight excluding hydrogens is 150 g/mol. The van der Waals surface area contributed by atoms with Crippen LogP contribution >= 0.6 is 0 Å². The van der Waals surface area contributed by atoms with Gasteiger partial charge in [0.25, 0.3) is 0 Å². The van der Waals surface area contributed by atoms with Crippen LogP contribution in [-0.4, -0.2) is 18.2 Å². The second kappa shape index (κ2) is 5.72. The van der Waals surface area contributed by atoms with Gasteiger partial charge < -0.3 is 4.74 Å². The highest BCUT2D eigenvalue weighted by Crippen LogP contribution is 1.97. The Bertz CT molecular complexity index is 198. The molecular formula is C10H15NO. The maximum absolute atomic E-state index is 5.23. The Morgan fingerprint density at radius 3 is 3.00 bits per heavy atom. The predicted molar refractivity (Wildman–Crippen MR) is 49.1 cm³/mol. The fourth-order valence-corrected chi connectivity index (χ4v) is 1.05. The minimum absolute atomic E-state index is 0.808. The van der Waals surface area contributed by atoms with Crippen LogP contribution in [0.4, 0.5) is 0 Å². The molecule has 12 heavy (non-hydrogen) atoms. The lowest BCUT2D eigenvalue weighted by molar-refractivity contribution is 0.145. The van der Waals surface area contributed by atoms with Crippen LogP contribution in [0.25, 0.3) is 0 Å². The zero-order valence-corrected chi connectivity index (χ0v) is 7.49. The van der Waals surface area contributed by atoms with E-state index in [1.165, 1.54) is 0 Å². The van der Waals surface area contributed by atoms with E-state index in [2.05, 4.69) is 4.98 Å². The van der Waals surface area contributed by atoms with Crippen molar-refractivity contribution in [1.29, 1.82) is 0 Å². The molecule has 0 bridgehead atoms. The molecule has 0 aromatic carbocycles. The molecule has 1 rings (SSSR count). The van der Waals surface area contributed by atoms with Crippen LogP contribution in [0.1, 0.15) is 19.0 Å². The Kier molecular flexibility index (Phi) is 4.39. The third kappa shape index (κ3) is 3.49. The molecule has 0 spiro atoms. The molecule has 0 aliphatic rings. The van der Waals surface area contributed by atoms with Crippen molar-refractivity contribution in [2.75, 3.05) is 13.2 Å². The molecule has 2 nitrogen and oxygen atoms in total. The summed E-state index contributed by atoms with van der Waals surface area (Å²) in [5.41, 5.74) is 1.15. The van der Waals surface area contributed by atoms with E-state index in [4.69, 9.17) is 4.74 Å². The summed E-state index contributed by atoms with van der Waals surface area (Å²) < 4.78 is 5.23. The number of nitrogens with zero attached hydrogens (tertiary/aromatic N) is 1. The fourth-order valence-electron chi connectivity index (χ4n) is 1.05. The smallest absolute Gasteiger partial charge is 0.0469 e. The first-order valence-electron chi connectivity index (χ1n) is 4.41. The fraction of sp³-hybridized carbons (Fsp3) is 0.500. The average molecular weight is 165 g/mol. The number of hydrogen-bond donors (Lipinski definition) is 0. The van der Waals surface area contributed by atoms with Crippen LogP contribution in [0.3, 0.4) is 0 Å². The van der Waals surface area contributed by atoms with Crippen molar-refractivity contribution in [1.82, 2.24) is 4.98 Å². The Morgan fingerprint density at radius 1 is 1.42 bits per heavy atom. The third-order valence-corrected chi connectivity index (χ3v) is 1.65. The van der Waals surface area contributed by atoms with E-state index < -0.39 is 0 Å². The second-order valence-corrected chi connectivity index (χ2v) is 2.62. The first-order chi connectivity index (χ1) is 5.93. The van der Waals surface area contributed by atoms with E-state index in [0.717, 1.165) is 31.7 Å². The summed E-state index contributed by atoms with van der Waals surface area (Å²) in [4.78, 5) is 4.22. The van der Waals surface area contributed by atoms with Gasteiger partial charge in [0.05, 0.1) is 0 Å². The second-order valence-electron chi connectivity index (χ2n) is 2.62. The minimum atomic E-state index is 0.808. The third-order valence-electron chi connectivity index (χ3n) is 1.65. The van der Waals surface area contributed by atoms with E-state index in [1.807, 2.05) is 31.3 Å². The van der Waals surface area contributed by atoms with Crippen molar-refractivity contribution in [3.63, 3.8) is 0 Å². The molecule has 1 aromatic heterocycles. The van der Waals surface area contributed by atoms with Gasteiger partial charge in [-0.15, -0.1) is 0 Å². The minimum Gasteiger partial charge on any atom is -0.382 e. The van der Waals surface area contributed by atoms with Crippen molar-refractivity contribution < 1.29 is 4.74 Å². The van der Waals surface area contributed by atoms with Gasteiger partial charge in [0, 0.05) is 25.1 Å². The molecule has 0 aliphatic carbocycles. The maximum Gasteiger partial charge on any atom is 0.0469 e. The summed E-state index contributed by atoms with van der Waals surface area (Å²) in [5, 5.41) is 0. The highest BCUT2D eigenvalue weighted by Gasteiger charge is 1.91. The Hall–Kier alpha value is -0.890. The number of rotatable bonds is 5. The van der Waals surface area contributed by atoms with Crippen LogP contribution in [0.2, 0.25) is 0 Å². The maximum atomic E-state index is 5.23. The lowest BCUT2D eigenvalue weighted by atomic mass is 10.2. The van der Waals surface area contributed by atoms with Crippen LogP contribution in [0.15, 0.2) is 24.4 Å². The molecule has 1 aromatic rings. The Labute approximate surface area is 73.6 Å². The highest BCUT2D eigenvalue weighted by molar-refractivity contribution is 5.03. The van der Waals surface area contributed by atoms with Gasteiger partial charge in [-0.25, -0.2) is 0 Å². The molecule has 0 fully saturated rings. The summed E-state index contributed by atoms with van der Waals surface area (Å²) in [6.45, 7) is 3.66. The predicted octanol–water partition coefficient (Wildman–Crippen LogP) is 2.05. The van der Waals surface area contributed by atoms with Gasteiger partial charge in [-0.2, -0.15) is 0 Å². The standard InChI is InChI=1S/C10H15NO/c1-2-12-9-5-7-10-6-3-4-8-11-10/h3-4,6,8H,2,5,7,9H2,1H3. The van der Waals surface area contributed by atoms with Crippen LogP contribution in [-0.2, 0) is 11.2 Å². The molecule has 2 heteroatoms. The first-order valence-corrected chi connectivity index (χ1v) is 4.41. The van der Waals surface area contributed by atoms with Crippen LogP contribution in [0, 0.1) is 0 Å². The zero-order valence-electron chi connectivity index (χ0n) is 7.49. The number of aryl methyl sites for hydroxylation is 1. The number of pyridine rings is 1. The zero-order chi connectivity index (χ0) is 8.65. The van der Waals surface area contributed by atoms with Gasteiger partial charge in [-0.1, -0.05) is 6.07 Å². The number of hydrogen-bond acceptors (Lipinski definition) is 2. The van der Waals surface area contributed by atoms with E-state index >= 15 is 0 Å². The first kappa shape index (κ1) is 9.20. The summed E-state index contributed by atoms with van der Waals surface area (Å²) in [5.74, 6) is 0. The van der Waals surface area contributed by atoms with Crippen molar-refractivity contribution in [2.45, 2.75) is 19.8 Å². The van der Waals surface area contributed by atoms with E-state index in [9.17, 15) is 0 Å². The lowest BCUT2D eigenvalue weighted by Crippen LogP contribution is -1.96. The van der Waals surface area contributed by atoms with Crippen LogP contribution < -0.4 is 0 Å². The topological polar surface area (TPSA) is 22.1 Å². The van der Waals surface area contributed by atoms with E-state index in [-0.39, 0.29) is 0 Å². The highest BCUT2D eigenvalue weighted by atomic mass is 16.5. The molecule has 0 atom stereocenters. The Morgan fingerprint density at radius 2 is 2.33 bits per heavy atom. The molecule has 0 saturated heterocycles. The van der Waals surface area contributed by atoms with Crippen molar-refractivity contribution in [3.8, 4) is 0 Å². The number of ether oxygens (including phenoxy) is 1. The molecule has 0 amide bonds. The molecule has 66 valence electrons. The summed E-state index contributed by atoms with van der Waals surface area (Å²) >= 11 is 0. The summed E-state index contributed by atoms with van der Waals surface area (Å²) in [6.07, 6.45) is 3.90. The van der Waals surface area contributed by atoms with Crippen molar-refractivity contribution >= 4 is 0 Å². The van der Waals surface area contributed by atoms with Crippen molar-refractivity contribution in [2.24, 2.45) is 0 Å². The van der Waals surface area contributed by atoms with Gasteiger partial charge in [0.1, 0.15) is 0 Å². The van der Waals surface area contributed by atoms with Gasteiger partial charge in [0.2, 0.25) is 0 Å².